The highest BCUT2D eigenvalue weighted by atomic mass is 16.4. The summed E-state index contributed by atoms with van der Waals surface area (Å²) >= 11 is 0. The molecule has 0 radical (unpaired) electrons. The lowest BCUT2D eigenvalue weighted by molar-refractivity contribution is -0.165. The average molecular weight is 303 g/mol. The Labute approximate surface area is 117 Å². The van der Waals surface area contributed by atoms with Gasteiger partial charge in [0.15, 0.2) is 12.2 Å². The molecule has 0 aliphatic heterocycles. The molecule has 0 saturated carbocycles. The van der Waals surface area contributed by atoms with E-state index >= 15 is 0 Å². The minimum atomic E-state index is -2.27. The maximum Gasteiger partial charge on any atom is 0.339 e. The molecule has 0 fully saturated rings. The van der Waals surface area contributed by atoms with Gasteiger partial charge in [0, 0.05) is 11.8 Å². The van der Waals surface area contributed by atoms with E-state index in [0.29, 0.717) is 5.69 Å². The van der Waals surface area contributed by atoms with Gasteiger partial charge in [-0.2, -0.15) is 0 Å². The van der Waals surface area contributed by atoms with E-state index in [2.05, 4.69) is 0 Å². The normalized spacial score (nSPS) is 12.5. The number of nitrogen functional groups attached to an aromatic ring is 1. The first-order valence-electron chi connectivity index (χ1n) is 5.21. The van der Waals surface area contributed by atoms with E-state index in [1.807, 2.05) is 0 Å². The first kappa shape index (κ1) is 18.1. The van der Waals surface area contributed by atoms with Crippen LogP contribution < -0.4 is 5.73 Å². The second kappa shape index (κ2) is 7.67. The fourth-order valence-corrected chi connectivity index (χ4v) is 1.000. The summed E-state index contributed by atoms with van der Waals surface area (Å²) in [5.41, 5.74) is 5.48. The van der Waals surface area contributed by atoms with Crippen molar-refractivity contribution in [2.24, 2.45) is 0 Å². The van der Waals surface area contributed by atoms with Crippen LogP contribution in [0.2, 0.25) is 0 Å². The quantitative estimate of drug-likeness (QED) is 0.323. The summed E-state index contributed by atoms with van der Waals surface area (Å²) in [4.78, 5) is 29.9. The van der Waals surface area contributed by atoms with Crippen LogP contribution in [-0.2, 0) is 9.59 Å². The van der Waals surface area contributed by atoms with Crippen molar-refractivity contribution in [3.05, 3.63) is 23.8 Å². The number of aliphatic hydroxyl groups excluding tert-OH is 2. The number of carboxylic acid groups (broad SMARTS) is 3. The van der Waals surface area contributed by atoms with Gasteiger partial charge in [0.05, 0.1) is 0 Å². The van der Waals surface area contributed by atoms with Gasteiger partial charge >= 0.3 is 17.9 Å². The highest BCUT2D eigenvalue weighted by Gasteiger charge is 2.29. The molecule has 1 rings (SSSR count). The number of hydrogen-bond acceptors (Lipinski definition) is 7. The fourth-order valence-electron chi connectivity index (χ4n) is 1.000. The fraction of sp³-hybridized carbons (Fsp3) is 0.182. The van der Waals surface area contributed by atoms with Crippen LogP contribution in [0.1, 0.15) is 10.4 Å². The van der Waals surface area contributed by atoms with E-state index in [4.69, 9.17) is 36.4 Å². The van der Waals surface area contributed by atoms with E-state index in [9.17, 15) is 14.4 Å². The number of benzene rings is 1. The van der Waals surface area contributed by atoms with Gasteiger partial charge in [-0.1, -0.05) is 0 Å². The van der Waals surface area contributed by atoms with Crippen LogP contribution in [0.5, 0.6) is 5.75 Å². The number of aromatic carboxylic acids is 1. The summed E-state index contributed by atoms with van der Waals surface area (Å²) < 4.78 is 0. The van der Waals surface area contributed by atoms with Gasteiger partial charge in [-0.3, -0.25) is 0 Å². The van der Waals surface area contributed by atoms with Crippen molar-refractivity contribution in [1.82, 2.24) is 0 Å². The van der Waals surface area contributed by atoms with Gasteiger partial charge in [0.1, 0.15) is 11.3 Å². The molecule has 1 aromatic rings. The zero-order valence-corrected chi connectivity index (χ0v) is 10.4. The van der Waals surface area contributed by atoms with Gasteiger partial charge in [0.25, 0.3) is 0 Å². The zero-order chi connectivity index (χ0) is 16.7. The number of carbonyl (C=O) groups is 3. The van der Waals surface area contributed by atoms with Crippen molar-refractivity contribution >= 4 is 23.6 Å². The molecule has 116 valence electrons. The minimum Gasteiger partial charge on any atom is -0.507 e. The lowest BCUT2D eigenvalue weighted by Crippen LogP contribution is -2.39. The van der Waals surface area contributed by atoms with Crippen molar-refractivity contribution in [3.63, 3.8) is 0 Å². The molecule has 0 aliphatic rings. The molecule has 8 N–H and O–H groups in total. The third-order valence-corrected chi connectivity index (χ3v) is 2.06. The number of aliphatic carboxylic acids is 2. The van der Waals surface area contributed by atoms with Gasteiger partial charge in [-0.25, -0.2) is 14.4 Å². The van der Waals surface area contributed by atoms with E-state index in [1.54, 1.807) is 0 Å². The molecule has 0 saturated heterocycles. The first-order chi connectivity index (χ1) is 9.57. The molecule has 1 aromatic carbocycles. The Hall–Kier alpha value is -2.85. The molecule has 0 bridgehead atoms. The molecule has 2 atom stereocenters. The molecule has 0 aromatic heterocycles. The zero-order valence-electron chi connectivity index (χ0n) is 10.4. The molecule has 0 spiro atoms. The van der Waals surface area contributed by atoms with Crippen LogP contribution in [0.25, 0.3) is 0 Å². The summed E-state index contributed by atoms with van der Waals surface area (Å²) in [6, 6.07) is 3.87. The number of nitrogens with two attached hydrogens (primary N) is 1. The molecule has 10 heteroatoms. The Bertz CT molecular complexity index is 524. The predicted molar refractivity (Wildman–Crippen MR) is 66.8 cm³/mol. The largest absolute Gasteiger partial charge is 0.507 e. The summed E-state index contributed by atoms with van der Waals surface area (Å²) in [6.45, 7) is 0. The Kier molecular flexibility index (Phi) is 6.63. The number of aromatic hydroxyl groups is 1. The molecule has 0 aliphatic carbocycles. The van der Waals surface area contributed by atoms with E-state index in [0.717, 1.165) is 0 Å². The third-order valence-electron chi connectivity index (χ3n) is 2.06. The SMILES string of the molecule is Nc1ccc(C(=O)O)c(O)c1.O=C(O)C(O)C(O)C(=O)O. The predicted octanol–water partition coefficient (Wildman–Crippen LogP) is -1.45. The molecule has 10 nitrogen and oxygen atoms in total. The lowest BCUT2D eigenvalue weighted by atomic mass is 10.2. The molecule has 0 amide bonds. The molecular formula is C11H13NO9. The summed E-state index contributed by atoms with van der Waals surface area (Å²) in [5.74, 6) is -5.01. The first-order valence-corrected chi connectivity index (χ1v) is 5.21. The topological polar surface area (TPSA) is 199 Å². The highest BCUT2D eigenvalue weighted by Crippen LogP contribution is 2.19. The van der Waals surface area contributed by atoms with Gasteiger partial charge in [0.2, 0.25) is 0 Å². The van der Waals surface area contributed by atoms with Crippen LogP contribution in [0, 0.1) is 0 Å². The number of anilines is 1. The third kappa shape index (κ3) is 5.76. The van der Waals surface area contributed by atoms with Crippen molar-refractivity contribution in [2.75, 3.05) is 5.73 Å². The number of hydrogen-bond donors (Lipinski definition) is 7. The lowest BCUT2D eigenvalue weighted by Gasteiger charge is -2.07. The second-order valence-corrected chi connectivity index (χ2v) is 3.65. The Balaban J connectivity index is 0.000000384. The van der Waals surface area contributed by atoms with Crippen LogP contribution in [0.15, 0.2) is 18.2 Å². The van der Waals surface area contributed by atoms with E-state index in [-0.39, 0.29) is 11.3 Å². The molecule has 2 unspecified atom stereocenters. The summed E-state index contributed by atoms with van der Waals surface area (Å²) in [6.07, 6.45) is -4.53. The smallest absolute Gasteiger partial charge is 0.339 e. The number of aliphatic hydroxyl groups is 2. The molecular weight excluding hydrogens is 290 g/mol. The molecule has 21 heavy (non-hydrogen) atoms. The monoisotopic (exact) mass is 303 g/mol. The maximum absolute atomic E-state index is 10.3. The van der Waals surface area contributed by atoms with Crippen LogP contribution in [-0.4, -0.2) is 60.8 Å². The van der Waals surface area contributed by atoms with Crippen molar-refractivity contribution in [1.29, 1.82) is 0 Å². The number of phenols is 1. The van der Waals surface area contributed by atoms with Crippen LogP contribution in [0.4, 0.5) is 5.69 Å². The van der Waals surface area contributed by atoms with Crippen LogP contribution >= 0.6 is 0 Å². The summed E-state index contributed by atoms with van der Waals surface area (Å²) in [7, 11) is 0. The number of carboxylic acids is 3. The highest BCUT2D eigenvalue weighted by molar-refractivity contribution is 5.91. The Morgan fingerprint density at radius 1 is 0.952 bits per heavy atom. The number of rotatable bonds is 4. The van der Waals surface area contributed by atoms with Gasteiger partial charge in [-0.05, 0) is 12.1 Å². The van der Waals surface area contributed by atoms with E-state index in [1.165, 1.54) is 18.2 Å². The average Bonchev–Trinajstić information content (AvgIpc) is 2.36. The van der Waals surface area contributed by atoms with Gasteiger partial charge in [-0.15, -0.1) is 0 Å². The van der Waals surface area contributed by atoms with E-state index < -0.39 is 30.1 Å². The van der Waals surface area contributed by atoms with Crippen molar-refractivity contribution in [2.45, 2.75) is 12.2 Å². The maximum atomic E-state index is 10.3. The Morgan fingerprint density at radius 2 is 1.38 bits per heavy atom. The minimum absolute atomic E-state index is 0.140. The molecule has 0 heterocycles. The van der Waals surface area contributed by atoms with Crippen LogP contribution in [0.3, 0.4) is 0 Å². The second-order valence-electron chi connectivity index (χ2n) is 3.65. The Morgan fingerprint density at radius 3 is 1.67 bits per heavy atom. The standard InChI is InChI=1S/C7H7NO3.C4H6O6/c8-4-1-2-5(7(10)11)6(9)3-4;5-1(3(7)8)2(6)4(9)10/h1-3,9H,8H2,(H,10,11);1-2,5-6H,(H,7,8)(H,9,10). The summed E-state index contributed by atoms with van der Waals surface area (Å²) in [5, 5.41) is 50.0. The van der Waals surface area contributed by atoms with Gasteiger partial charge < -0.3 is 36.4 Å². The van der Waals surface area contributed by atoms with Crippen molar-refractivity contribution < 1.29 is 45.0 Å². The van der Waals surface area contributed by atoms with Crippen molar-refractivity contribution in [3.8, 4) is 5.75 Å².